The van der Waals surface area contributed by atoms with Crippen molar-refractivity contribution in [3.63, 3.8) is 0 Å². The fraction of sp³-hybridized carbons (Fsp3) is 0.444. The van der Waals surface area contributed by atoms with Crippen LogP contribution in [0, 0.1) is 0 Å². The minimum Gasteiger partial charge on any atom is -0.481 e. The highest BCUT2D eigenvalue weighted by molar-refractivity contribution is 8.26. The van der Waals surface area contributed by atoms with E-state index in [1.165, 1.54) is 16.1 Å². The number of thiocarbonyl (C=S) groups is 1. The van der Waals surface area contributed by atoms with Gasteiger partial charge in [-0.2, -0.15) is 9.40 Å². The van der Waals surface area contributed by atoms with E-state index in [0.717, 1.165) is 57.1 Å². The molecule has 49 heavy (non-hydrogen) atoms. The summed E-state index contributed by atoms with van der Waals surface area (Å²) in [4.78, 5) is 26.5. The van der Waals surface area contributed by atoms with Gasteiger partial charge in [-0.3, -0.25) is 14.5 Å². The van der Waals surface area contributed by atoms with Crippen molar-refractivity contribution in [1.82, 2.24) is 19.0 Å². The highest BCUT2D eigenvalue weighted by Gasteiger charge is 2.34. The Morgan fingerprint density at radius 3 is 2.31 bits per heavy atom. The molecule has 2 atom stereocenters. The van der Waals surface area contributed by atoms with Gasteiger partial charge in [0.2, 0.25) is 10.0 Å². The molecule has 262 valence electrons. The molecule has 2 saturated heterocycles. The van der Waals surface area contributed by atoms with E-state index >= 15 is 0 Å². The van der Waals surface area contributed by atoms with E-state index in [9.17, 15) is 18.0 Å². The monoisotopic (exact) mass is 724 g/mol. The number of hydrogen-bond acceptors (Lipinski definition) is 8. The Kier molecular flexibility index (Phi) is 12.8. The third-order valence-corrected chi connectivity index (χ3v) is 11.8. The smallest absolute Gasteiger partial charge is 0.303 e. The largest absolute Gasteiger partial charge is 0.481 e. The number of ether oxygens (including phenoxy) is 1. The van der Waals surface area contributed by atoms with E-state index in [-0.39, 0.29) is 42.5 Å². The van der Waals surface area contributed by atoms with Crippen LogP contribution in [0.15, 0.2) is 70.6 Å². The highest BCUT2D eigenvalue weighted by Crippen LogP contribution is 2.36. The molecule has 2 fully saturated rings. The van der Waals surface area contributed by atoms with Gasteiger partial charge in [0.25, 0.3) is 5.91 Å². The number of nitrogens with zero attached hydrogens (tertiary/aromatic N) is 4. The van der Waals surface area contributed by atoms with Crippen molar-refractivity contribution in [2.45, 2.75) is 88.7 Å². The van der Waals surface area contributed by atoms with Gasteiger partial charge in [0, 0.05) is 43.4 Å². The zero-order valence-corrected chi connectivity index (χ0v) is 30.4. The molecule has 3 aromatic rings. The summed E-state index contributed by atoms with van der Waals surface area (Å²) >= 11 is 6.89. The lowest BCUT2D eigenvalue weighted by Gasteiger charge is -2.34. The second kappa shape index (κ2) is 17.0. The number of para-hydroxylation sites is 1. The van der Waals surface area contributed by atoms with Crippen molar-refractivity contribution in [2.75, 3.05) is 19.6 Å². The third-order valence-electron chi connectivity index (χ3n) is 8.58. The summed E-state index contributed by atoms with van der Waals surface area (Å²) in [5.74, 6) is -0.876. The summed E-state index contributed by atoms with van der Waals surface area (Å²) in [5, 5.41) is 13.6. The second-order valence-corrected chi connectivity index (χ2v) is 16.2. The van der Waals surface area contributed by atoms with Gasteiger partial charge in [-0.05, 0) is 57.0 Å². The summed E-state index contributed by atoms with van der Waals surface area (Å²) in [6.07, 6.45) is 11.3. The van der Waals surface area contributed by atoms with Crippen LogP contribution >= 0.6 is 24.0 Å². The number of carbonyl (C=O) groups excluding carboxylic acids is 1. The van der Waals surface area contributed by atoms with Crippen LogP contribution in [0.2, 0.25) is 0 Å². The number of thioether (sulfide) groups is 1. The number of benzene rings is 2. The Morgan fingerprint density at radius 2 is 1.63 bits per heavy atom. The molecule has 0 radical (unpaired) electrons. The molecule has 0 bridgehead atoms. The molecular weight excluding hydrogens is 681 g/mol. The Morgan fingerprint density at radius 1 is 0.980 bits per heavy atom. The van der Waals surface area contributed by atoms with Crippen LogP contribution in [0.25, 0.3) is 23.0 Å². The van der Waals surface area contributed by atoms with E-state index < -0.39 is 16.0 Å². The lowest BCUT2D eigenvalue weighted by atomic mass is 10.1. The first-order valence-electron chi connectivity index (χ1n) is 16.9. The molecule has 5 rings (SSSR count). The van der Waals surface area contributed by atoms with Gasteiger partial charge in [0.15, 0.2) is 0 Å². The van der Waals surface area contributed by atoms with Gasteiger partial charge in [-0.15, -0.1) is 0 Å². The van der Waals surface area contributed by atoms with Crippen LogP contribution in [-0.2, 0) is 24.3 Å². The maximum absolute atomic E-state index is 13.7. The molecule has 2 aliphatic rings. The first-order valence-corrected chi connectivity index (χ1v) is 19.6. The van der Waals surface area contributed by atoms with E-state index in [1.807, 2.05) is 56.4 Å². The molecule has 0 spiro atoms. The number of unbranched alkanes of at least 4 members (excludes halogenated alkanes) is 7. The summed E-state index contributed by atoms with van der Waals surface area (Å²) in [7, 11) is -3.78. The Balaban J connectivity index is 1.31. The average molecular weight is 725 g/mol. The fourth-order valence-corrected chi connectivity index (χ4v) is 9.09. The molecule has 1 amide bonds. The third kappa shape index (κ3) is 9.66. The number of aliphatic carboxylic acids is 1. The Labute approximate surface area is 298 Å². The van der Waals surface area contributed by atoms with Gasteiger partial charge in [0.05, 0.1) is 27.7 Å². The number of morpholine rings is 1. The normalized spacial score (nSPS) is 19.6. The van der Waals surface area contributed by atoms with E-state index in [0.29, 0.717) is 32.6 Å². The summed E-state index contributed by atoms with van der Waals surface area (Å²) in [5.41, 5.74) is 2.68. The molecule has 3 heterocycles. The van der Waals surface area contributed by atoms with E-state index in [4.69, 9.17) is 27.2 Å². The van der Waals surface area contributed by atoms with Gasteiger partial charge < -0.3 is 9.84 Å². The molecule has 0 saturated carbocycles. The average Bonchev–Trinajstić information content (AvgIpc) is 3.61. The zero-order valence-electron chi connectivity index (χ0n) is 28.0. The minimum atomic E-state index is -3.78. The maximum atomic E-state index is 13.7. The number of aromatic nitrogens is 2. The fourth-order valence-electron chi connectivity index (χ4n) is 6.15. The number of sulfonamides is 1. The second-order valence-electron chi connectivity index (χ2n) is 12.6. The lowest BCUT2D eigenvalue weighted by molar-refractivity contribution is -0.137. The molecule has 0 aliphatic carbocycles. The van der Waals surface area contributed by atoms with Crippen LogP contribution in [0.5, 0.6) is 0 Å². The van der Waals surface area contributed by atoms with Gasteiger partial charge in [-0.25, -0.2) is 13.1 Å². The van der Waals surface area contributed by atoms with Crippen LogP contribution in [0.4, 0.5) is 0 Å². The number of carboxylic acid groups (broad SMARTS) is 1. The van der Waals surface area contributed by atoms with E-state index in [1.54, 1.807) is 33.9 Å². The molecule has 1 aromatic heterocycles. The molecule has 10 nitrogen and oxygen atoms in total. The Bertz CT molecular complexity index is 1770. The van der Waals surface area contributed by atoms with Crippen molar-refractivity contribution < 1.29 is 27.9 Å². The summed E-state index contributed by atoms with van der Waals surface area (Å²) < 4.78 is 37.0. The van der Waals surface area contributed by atoms with Crippen molar-refractivity contribution >= 4 is 56.3 Å². The van der Waals surface area contributed by atoms with Gasteiger partial charge in [0.1, 0.15) is 10.0 Å². The lowest BCUT2D eigenvalue weighted by Crippen LogP contribution is -2.48. The van der Waals surface area contributed by atoms with E-state index in [2.05, 4.69) is 0 Å². The van der Waals surface area contributed by atoms with Crippen molar-refractivity contribution in [1.29, 1.82) is 0 Å². The number of carbonyl (C=O) groups is 2. The number of rotatable bonds is 16. The first kappa shape index (κ1) is 36.9. The van der Waals surface area contributed by atoms with Gasteiger partial charge >= 0.3 is 5.97 Å². The zero-order chi connectivity index (χ0) is 35.0. The standard InChI is InChI=1S/C36H44N4O6S3/c1-26-23-38(24-27(2)46-26)49(44,45)31-18-14-15-28(21-31)34-29(25-40(37-34)30-16-10-9-11-17-30)22-32-35(43)39(36(47)48-32)20-13-8-6-4-3-5-7-12-19-33(41)42/h9-11,14-18,21-22,25-27H,3-8,12-13,19-20,23-24H2,1-2H3,(H,41,42)/b32-22-. The van der Waals surface area contributed by atoms with Crippen LogP contribution in [-0.4, -0.2) is 80.5 Å². The summed E-state index contributed by atoms with van der Waals surface area (Å²) in [6.45, 7) is 4.86. The molecule has 13 heteroatoms. The topological polar surface area (TPSA) is 122 Å². The molecule has 1 N–H and O–H groups in total. The minimum absolute atomic E-state index is 0.140. The predicted octanol–water partition coefficient (Wildman–Crippen LogP) is 7.13. The van der Waals surface area contributed by atoms with Crippen LogP contribution < -0.4 is 0 Å². The number of carboxylic acids is 1. The Hall–Kier alpha value is -3.36. The van der Waals surface area contributed by atoms with Crippen molar-refractivity contribution in [3.8, 4) is 16.9 Å². The predicted molar refractivity (Wildman–Crippen MR) is 197 cm³/mol. The first-order chi connectivity index (χ1) is 23.5. The van der Waals surface area contributed by atoms with Crippen LogP contribution in [0.3, 0.4) is 0 Å². The van der Waals surface area contributed by atoms with Crippen molar-refractivity contribution in [2.24, 2.45) is 0 Å². The molecule has 2 unspecified atom stereocenters. The van der Waals surface area contributed by atoms with Crippen molar-refractivity contribution in [3.05, 3.63) is 71.3 Å². The van der Waals surface area contributed by atoms with Crippen LogP contribution in [0.1, 0.15) is 77.2 Å². The molecule has 2 aromatic carbocycles. The van der Waals surface area contributed by atoms with Gasteiger partial charge in [-0.1, -0.05) is 92.8 Å². The molecule has 2 aliphatic heterocycles. The highest BCUT2D eigenvalue weighted by atomic mass is 32.2. The quantitative estimate of drug-likeness (QED) is 0.0934. The SMILES string of the molecule is CC1CN(S(=O)(=O)c2cccc(-c3nn(-c4ccccc4)cc3/C=C3\SC(=S)N(CCCCCCCCCCC(=O)O)C3=O)c2)CC(C)O1. The number of amides is 1. The molecular formula is C36H44N4O6S3. The summed E-state index contributed by atoms with van der Waals surface area (Å²) in [6, 6.07) is 16.4. The maximum Gasteiger partial charge on any atom is 0.303 e. The number of hydrogen-bond donors (Lipinski definition) is 1.